The molecule has 3 heteroatoms. The highest BCUT2D eigenvalue weighted by Crippen LogP contribution is 2.23. The maximum absolute atomic E-state index is 9.43. The molecule has 2 aromatic rings. The van der Waals surface area contributed by atoms with Crippen molar-refractivity contribution in [3.8, 4) is 23.3 Å². The molecule has 0 aliphatic heterocycles. The second-order valence-corrected chi connectivity index (χ2v) is 4.71. The molecule has 1 atom stereocenters. The maximum atomic E-state index is 9.43. The molecular formula is C17H15ClO2. The molecule has 0 spiro atoms. The molecule has 0 aliphatic carbocycles. The van der Waals surface area contributed by atoms with Crippen LogP contribution in [0.1, 0.15) is 18.9 Å². The van der Waals surface area contributed by atoms with Crippen molar-refractivity contribution in [1.82, 2.24) is 0 Å². The number of aliphatic hydroxyl groups excluding tert-OH is 1. The molecular weight excluding hydrogens is 272 g/mol. The number of aliphatic hydroxyl groups is 1. The first-order chi connectivity index (χ1) is 9.67. The van der Waals surface area contributed by atoms with Crippen molar-refractivity contribution in [2.24, 2.45) is 0 Å². The number of hydrogen-bond donors (Lipinski definition) is 1. The number of hydrogen-bond acceptors (Lipinski definition) is 2. The van der Waals surface area contributed by atoms with Crippen molar-refractivity contribution in [3.05, 3.63) is 59.1 Å². The predicted octanol–water partition coefficient (Wildman–Crippen LogP) is 4.25. The van der Waals surface area contributed by atoms with Crippen molar-refractivity contribution in [2.45, 2.75) is 19.4 Å². The minimum atomic E-state index is -0.587. The SMILES string of the molecule is CCC(O)C#Cc1cccc(Oc2ccc(Cl)cc2)c1. The van der Waals surface area contributed by atoms with Crippen molar-refractivity contribution in [1.29, 1.82) is 0 Å². The van der Waals surface area contributed by atoms with Crippen LogP contribution in [0, 0.1) is 11.8 Å². The Labute approximate surface area is 124 Å². The summed E-state index contributed by atoms with van der Waals surface area (Å²) in [5, 5.41) is 10.1. The fourth-order valence-electron chi connectivity index (χ4n) is 1.54. The monoisotopic (exact) mass is 286 g/mol. The van der Waals surface area contributed by atoms with Gasteiger partial charge in [-0.05, 0) is 48.9 Å². The normalized spacial score (nSPS) is 11.3. The van der Waals surface area contributed by atoms with Gasteiger partial charge in [0, 0.05) is 10.6 Å². The fourth-order valence-corrected chi connectivity index (χ4v) is 1.67. The average Bonchev–Trinajstić information content (AvgIpc) is 2.47. The molecule has 0 bridgehead atoms. The number of ether oxygens (including phenoxy) is 1. The summed E-state index contributed by atoms with van der Waals surface area (Å²) >= 11 is 5.83. The Hall–Kier alpha value is -1.95. The maximum Gasteiger partial charge on any atom is 0.128 e. The average molecular weight is 287 g/mol. The van der Waals surface area contributed by atoms with Crippen molar-refractivity contribution >= 4 is 11.6 Å². The van der Waals surface area contributed by atoms with E-state index < -0.39 is 6.10 Å². The Morgan fingerprint density at radius 3 is 2.60 bits per heavy atom. The molecule has 0 aliphatic rings. The summed E-state index contributed by atoms with van der Waals surface area (Å²) in [6.07, 6.45) is 0.0318. The summed E-state index contributed by atoms with van der Waals surface area (Å²) in [4.78, 5) is 0. The van der Waals surface area contributed by atoms with Gasteiger partial charge in [0.2, 0.25) is 0 Å². The van der Waals surface area contributed by atoms with E-state index in [2.05, 4.69) is 11.8 Å². The molecule has 0 aromatic heterocycles. The Morgan fingerprint density at radius 1 is 1.15 bits per heavy atom. The minimum absolute atomic E-state index is 0.587. The van der Waals surface area contributed by atoms with Gasteiger partial charge in [-0.2, -0.15) is 0 Å². The van der Waals surface area contributed by atoms with E-state index in [1.807, 2.05) is 43.3 Å². The molecule has 2 aromatic carbocycles. The van der Waals surface area contributed by atoms with E-state index in [-0.39, 0.29) is 0 Å². The highest BCUT2D eigenvalue weighted by Gasteiger charge is 1.99. The second-order valence-electron chi connectivity index (χ2n) is 4.28. The lowest BCUT2D eigenvalue weighted by molar-refractivity contribution is 0.228. The van der Waals surface area contributed by atoms with Crippen LogP contribution in [-0.2, 0) is 0 Å². The van der Waals surface area contributed by atoms with Gasteiger partial charge in [0.05, 0.1) is 0 Å². The van der Waals surface area contributed by atoms with Crippen LogP contribution < -0.4 is 4.74 Å². The molecule has 0 fully saturated rings. The Morgan fingerprint density at radius 2 is 1.90 bits per heavy atom. The molecule has 2 nitrogen and oxygen atoms in total. The van der Waals surface area contributed by atoms with Crippen LogP contribution in [0.3, 0.4) is 0 Å². The van der Waals surface area contributed by atoms with Crippen LogP contribution in [0.5, 0.6) is 11.5 Å². The minimum Gasteiger partial charge on any atom is -0.457 e. The molecule has 0 saturated carbocycles. The van der Waals surface area contributed by atoms with E-state index in [1.165, 1.54) is 0 Å². The summed E-state index contributed by atoms with van der Waals surface area (Å²) < 4.78 is 5.72. The Balaban J connectivity index is 2.13. The zero-order valence-corrected chi connectivity index (χ0v) is 11.9. The standard InChI is InChI=1S/C17H15ClO2/c1-2-15(19)9-6-13-4-3-5-17(12-13)20-16-10-7-14(18)8-11-16/h3-5,7-8,10-12,15,19H,2H2,1H3. The lowest BCUT2D eigenvalue weighted by atomic mass is 10.2. The molecule has 1 unspecified atom stereocenters. The summed E-state index contributed by atoms with van der Waals surface area (Å²) in [6, 6.07) is 14.6. The van der Waals surface area contributed by atoms with Gasteiger partial charge in [-0.25, -0.2) is 0 Å². The zero-order chi connectivity index (χ0) is 14.4. The first kappa shape index (κ1) is 14.5. The van der Waals surface area contributed by atoms with Crippen molar-refractivity contribution < 1.29 is 9.84 Å². The van der Waals surface area contributed by atoms with E-state index in [9.17, 15) is 5.11 Å². The van der Waals surface area contributed by atoms with Gasteiger partial charge in [0.25, 0.3) is 0 Å². The first-order valence-electron chi connectivity index (χ1n) is 6.40. The quantitative estimate of drug-likeness (QED) is 0.855. The largest absolute Gasteiger partial charge is 0.457 e. The van der Waals surface area contributed by atoms with Gasteiger partial charge in [-0.1, -0.05) is 36.4 Å². The van der Waals surface area contributed by atoms with E-state index in [4.69, 9.17) is 16.3 Å². The zero-order valence-electron chi connectivity index (χ0n) is 11.1. The van der Waals surface area contributed by atoms with Crippen LogP contribution in [-0.4, -0.2) is 11.2 Å². The molecule has 102 valence electrons. The molecule has 0 saturated heterocycles. The summed E-state index contributed by atoms with van der Waals surface area (Å²) in [7, 11) is 0. The Kier molecular flexibility index (Phi) is 5.06. The van der Waals surface area contributed by atoms with E-state index in [1.54, 1.807) is 12.1 Å². The Bertz CT molecular complexity index is 623. The van der Waals surface area contributed by atoms with Gasteiger partial charge < -0.3 is 9.84 Å². The summed E-state index contributed by atoms with van der Waals surface area (Å²) in [5.74, 6) is 7.12. The summed E-state index contributed by atoms with van der Waals surface area (Å²) in [6.45, 7) is 1.89. The lowest BCUT2D eigenvalue weighted by Crippen LogP contribution is -1.98. The second kappa shape index (κ2) is 7.00. The molecule has 0 amide bonds. The van der Waals surface area contributed by atoms with Gasteiger partial charge >= 0.3 is 0 Å². The topological polar surface area (TPSA) is 29.5 Å². The highest BCUT2D eigenvalue weighted by atomic mass is 35.5. The predicted molar refractivity (Wildman–Crippen MR) is 81.1 cm³/mol. The van der Waals surface area contributed by atoms with Gasteiger partial charge in [0.1, 0.15) is 17.6 Å². The number of rotatable bonds is 3. The van der Waals surface area contributed by atoms with Crippen molar-refractivity contribution in [3.63, 3.8) is 0 Å². The fraction of sp³-hybridized carbons (Fsp3) is 0.176. The summed E-state index contributed by atoms with van der Waals surface area (Å²) in [5.41, 5.74) is 0.809. The lowest BCUT2D eigenvalue weighted by Gasteiger charge is -2.05. The van der Waals surface area contributed by atoms with E-state index in [0.29, 0.717) is 22.9 Å². The molecule has 0 radical (unpaired) electrons. The van der Waals surface area contributed by atoms with Crippen molar-refractivity contribution in [2.75, 3.05) is 0 Å². The third-order valence-electron chi connectivity index (χ3n) is 2.65. The van der Waals surface area contributed by atoms with E-state index >= 15 is 0 Å². The number of benzene rings is 2. The number of halogens is 1. The smallest absolute Gasteiger partial charge is 0.128 e. The molecule has 0 heterocycles. The molecule has 1 N–H and O–H groups in total. The van der Waals surface area contributed by atoms with Gasteiger partial charge in [-0.3, -0.25) is 0 Å². The van der Waals surface area contributed by atoms with Gasteiger partial charge in [-0.15, -0.1) is 0 Å². The van der Waals surface area contributed by atoms with Crippen LogP contribution >= 0.6 is 11.6 Å². The van der Waals surface area contributed by atoms with Crippen LogP contribution in [0.15, 0.2) is 48.5 Å². The van der Waals surface area contributed by atoms with Gasteiger partial charge in [0.15, 0.2) is 0 Å². The van der Waals surface area contributed by atoms with E-state index in [0.717, 1.165) is 5.56 Å². The van der Waals surface area contributed by atoms with Crippen LogP contribution in [0.4, 0.5) is 0 Å². The molecule has 20 heavy (non-hydrogen) atoms. The third-order valence-corrected chi connectivity index (χ3v) is 2.91. The first-order valence-corrected chi connectivity index (χ1v) is 6.78. The third kappa shape index (κ3) is 4.31. The van der Waals surface area contributed by atoms with Crippen LogP contribution in [0.25, 0.3) is 0 Å². The highest BCUT2D eigenvalue weighted by molar-refractivity contribution is 6.30. The molecule has 2 rings (SSSR count). The van der Waals surface area contributed by atoms with Crippen LogP contribution in [0.2, 0.25) is 5.02 Å².